The number of rotatable bonds is 8. The molecule has 5 heteroatoms. The fraction of sp³-hybridized carbons (Fsp3) is 0.615. The van der Waals surface area contributed by atoms with Crippen LogP contribution in [0.2, 0.25) is 0 Å². The summed E-state index contributed by atoms with van der Waals surface area (Å²) in [5, 5.41) is 8.82. The van der Waals surface area contributed by atoms with Crippen molar-refractivity contribution in [3.63, 3.8) is 0 Å². The smallest absolute Gasteiger partial charge is 0.371 e. The Kier molecular flexibility index (Phi) is 6.29. The van der Waals surface area contributed by atoms with Crippen LogP contribution in [0.5, 0.6) is 0 Å². The van der Waals surface area contributed by atoms with Gasteiger partial charge in [0.05, 0.1) is 0 Å². The fourth-order valence-electron chi connectivity index (χ4n) is 1.68. The van der Waals surface area contributed by atoms with Crippen LogP contribution in [0.25, 0.3) is 0 Å². The van der Waals surface area contributed by atoms with Crippen LogP contribution in [0, 0.1) is 6.92 Å². The predicted molar refractivity (Wildman–Crippen MR) is 74.4 cm³/mol. The van der Waals surface area contributed by atoms with Crippen molar-refractivity contribution in [2.45, 2.75) is 26.5 Å². The summed E-state index contributed by atoms with van der Waals surface area (Å²) in [6.45, 7) is 9.35. The molecular formula is C13H21NO3S. The standard InChI is InChI=1S/C13H21NO3S/c1-4-14(5-2)6-7-18-9-11-8-12(13(15)16)17-10(11)3/h8H,4-7,9H2,1-3H3,(H,15,16). The van der Waals surface area contributed by atoms with Crippen LogP contribution in [-0.4, -0.2) is 41.4 Å². The van der Waals surface area contributed by atoms with Crippen molar-refractivity contribution < 1.29 is 14.3 Å². The van der Waals surface area contributed by atoms with Gasteiger partial charge in [-0.2, -0.15) is 11.8 Å². The van der Waals surface area contributed by atoms with E-state index in [0.717, 1.165) is 36.7 Å². The molecule has 0 aliphatic heterocycles. The van der Waals surface area contributed by atoms with E-state index in [-0.39, 0.29) is 5.76 Å². The Labute approximate surface area is 112 Å². The number of furan rings is 1. The summed E-state index contributed by atoms with van der Waals surface area (Å²) in [6.07, 6.45) is 0. The third-order valence-corrected chi connectivity index (χ3v) is 3.92. The second-order valence-corrected chi connectivity index (χ2v) is 5.18. The Morgan fingerprint density at radius 1 is 1.44 bits per heavy atom. The van der Waals surface area contributed by atoms with E-state index in [9.17, 15) is 4.79 Å². The summed E-state index contributed by atoms with van der Waals surface area (Å²) in [4.78, 5) is 13.1. The molecule has 0 amide bonds. The lowest BCUT2D eigenvalue weighted by Crippen LogP contribution is -2.25. The highest BCUT2D eigenvalue weighted by Crippen LogP contribution is 2.20. The first-order valence-electron chi connectivity index (χ1n) is 6.21. The van der Waals surface area contributed by atoms with Crippen molar-refractivity contribution in [1.29, 1.82) is 0 Å². The van der Waals surface area contributed by atoms with Crippen molar-refractivity contribution in [1.82, 2.24) is 4.90 Å². The van der Waals surface area contributed by atoms with Crippen LogP contribution in [0.1, 0.15) is 35.7 Å². The van der Waals surface area contributed by atoms with Crippen LogP contribution in [-0.2, 0) is 5.75 Å². The number of carbonyl (C=O) groups is 1. The topological polar surface area (TPSA) is 53.7 Å². The van der Waals surface area contributed by atoms with Crippen LogP contribution in [0.3, 0.4) is 0 Å². The Morgan fingerprint density at radius 3 is 2.61 bits per heavy atom. The molecule has 0 fully saturated rings. The molecular weight excluding hydrogens is 250 g/mol. The number of nitrogens with zero attached hydrogens (tertiary/aromatic N) is 1. The van der Waals surface area contributed by atoms with Gasteiger partial charge >= 0.3 is 5.97 Å². The summed E-state index contributed by atoms with van der Waals surface area (Å²) < 4.78 is 5.17. The minimum absolute atomic E-state index is 0.0341. The quantitative estimate of drug-likeness (QED) is 0.737. The number of hydrogen-bond acceptors (Lipinski definition) is 4. The molecule has 4 nitrogen and oxygen atoms in total. The van der Waals surface area contributed by atoms with E-state index in [1.165, 1.54) is 0 Å². The molecule has 1 aromatic heterocycles. The monoisotopic (exact) mass is 271 g/mol. The van der Waals surface area contributed by atoms with E-state index < -0.39 is 5.97 Å². The molecule has 0 bridgehead atoms. The van der Waals surface area contributed by atoms with Gasteiger partial charge in [-0.1, -0.05) is 13.8 Å². The van der Waals surface area contributed by atoms with E-state index in [1.807, 2.05) is 18.7 Å². The maximum absolute atomic E-state index is 10.8. The number of aryl methyl sites for hydroxylation is 1. The van der Waals surface area contributed by atoms with Gasteiger partial charge in [-0.05, 0) is 26.1 Å². The van der Waals surface area contributed by atoms with Crippen molar-refractivity contribution in [3.8, 4) is 0 Å². The van der Waals surface area contributed by atoms with Crippen LogP contribution >= 0.6 is 11.8 Å². The summed E-state index contributed by atoms with van der Waals surface area (Å²) in [7, 11) is 0. The van der Waals surface area contributed by atoms with E-state index in [2.05, 4.69) is 18.7 Å². The molecule has 1 heterocycles. The molecule has 102 valence electrons. The van der Waals surface area contributed by atoms with Gasteiger partial charge in [0.2, 0.25) is 5.76 Å². The molecule has 0 saturated heterocycles. The first-order chi connectivity index (χ1) is 8.58. The molecule has 0 saturated carbocycles. The van der Waals surface area contributed by atoms with Gasteiger partial charge in [-0.25, -0.2) is 4.79 Å². The summed E-state index contributed by atoms with van der Waals surface area (Å²) in [5.41, 5.74) is 0.983. The van der Waals surface area contributed by atoms with Gasteiger partial charge in [0.25, 0.3) is 0 Å². The molecule has 18 heavy (non-hydrogen) atoms. The minimum atomic E-state index is -1.00. The molecule has 0 unspecified atom stereocenters. The fourth-order valence-corrected chi connectivity index (χ4v) is 2.72. The van der Waals surface area contributed by atoms with E-state index >= 15 is 0 Å². The summed E-state index contributed by atoms with van der Waals surface area (Å²) in [6, 6.07) is 1.63. The van der Waals surface area contributed by atoms with Crippen LogP contribution in [0.4, 0.5) is 0 Å². The molecule has 1 N–H and O–H groups in total. The van der Waals surface area contributed by atoms with Gasteiger partial charge in [-0.3, -0.25) is 0 Å². The zero-order valence-electron chi connectivity index (χ0n) is 11.2. The lowest BCUT2D eigenvalue weighted by molar-refractivity contribution is 0.0661. The maximum Gasteiger partial charge on any atom is 0.371 e. The Morgan fingerprint density at radius 2 is 2.11 bits per heavy atom. The van der Waals surface area contributed by atoms with E-state index in [4.69, 9.17) is 9.52 Å². The second kappa shape index (κ2) is 7.48. The zero-order valence-corrected chi connectivity index (χ0v) is 12.0. The van der Waals surface area contributed by atoms with Crippen LogP contribution in [0.15, 0.2) is 10.5 Å². The highest BCUT2D eigenvalue weighted by Gasteiger charge is 2.12. The van der Waals surface area contributed by atoms with Gasteiger partial charge in [0.15, 0.2) is 0 Å². The lowest BCUT2D eigenvalue weighted by atomic mass is 10.3. The Bertz CT molecular complexity index is 386. The number of aromatic carboxylic acids is 1. The minimum Gasteiger partial charge on any atom is -0.475 e. The van der Waals surface area contributed by atoms with Gasteiger partial charge < -0.3 is 14.4 Å². The summed E-state index contributed by atoms with van der Waals surface area (Å²) >= 11 is 1.81. The number of carboxylic acid groups (broad SMARTS) is 1. The Balaban J connectivity index is 2.37. The number of thioether (sulfide) groups is 1. The van der Waals surface area contributed by atoms with Crippen molar-refractivity contribution >= 4 is 17.7 Å². The van der Waals surface area contributed by atoms with Crippen LogP contribution < -0.4 is 0 Å². The van der Waals surface area contributed by atoms with Gasteiger partial charge in [0, 0.05) is 23.6 Å². The zero-order chi connectivity index (χ0) is 13.5. The first-order valence-corrected chi connectivity index (χ1v) is 7.36. The third kappa shape index (κ3) is 4.38. The molecule has 1 rings (SSSR count). The van der Waals surface area contributed by atoms with Crippen molar-refractivity contribution in [2.24, 2.45) is 0 Å². The average molecular weight is 271 g/mol. The summed E-state index contributed by atoms with van der Waals surface area (Å²) in [5.74, 6) is 1.60. The predicted octanol–water partition coefficient (Wildman–Crippen LogP) is 2.86. The lowest BCUT2D eigenvalue weighted by Gasteiger charge is -2.17. The first kappa shape index (κ1) is 15.1. The molecule has 0 spiro atoms. The Hall–Kier alpha value is -0.940. The number of carboxylic acids is 1. The number of hydrogen-bond donors (Lipinski definition) is 1. The van der Waals surface area contributed by atoms with Gasteiger partial charge in [0.1, 0.15) is 5.76 Å². The molecule has 0 radical (unpaired) electrons. The normalized spacial score (nSPS) is 11.1. The van der Waals surface area contributed by atoms with Gasteiger partial charge in [-0.15, -0.1) is 0 Å². The average Bonchev–Trinajstić information content (AvgIpc) is 2.71. The van der Waals surface area contributed by atoms with Crippen molar-refractivity contribution in [2.75, 3.05) is 25.4 Å². The molecule has 0 atom stereocenters. The molecule has 0 aliphatic carbocycles. The highest BCUT2D eigenvalue weighted by molar-refractivity contribution is 7.98. The van der Waals surface area contributed by atoms with Crippen molar-refractivity contribution in [3.05, 3.63) is 23.2 Å². The SMILES string of the molecule is CCN(CC)CCSCc1cc(C(=O)O)oc1C. The molecule has 0 aliphatic rings. The maximum atomic E-state index is 10.8. The molecule has 1 aromatic rings. The third-order valence-electron chi connectivity index (χ3n) is 2.94. The second-order valence-electron chi connectivity index (χ2n) is 4.08. The van der Waals surface area contributed by atoms with E-state index in [0.29, 0.717) is 5.76 Å². The van der Waals surface area contributed by atoms with E-state index in [1.54, 1.807) is 6.07 Å². The highest BCUT2D eigenvalue weighted by atomic mass is 32.2. The molecule has 0 aromatic carbocycles. The largest absolute Gasteiger partial charge is 0.475 e.